The fourth-order valence-corrected chi connectivity index (χ4v) is 5.51. The molecule has 0 aliphatic heterocycles. The van der Waals surface area contributed by atoms with Gasteiger partial charge < -0.3 is 5.32 Å². The van der Waals surface area contributed by atoms with Crippen LogP contribution in [0, 0.1) is 11.8 Å². The number of benzene rings is 3. The second-order valence-electron chi connectivity index (χ2n) is 9.85. The molecule has 3 aromatic carbocycles. The standard InChI is InChI=1S/C30H30ClN3O3/c31-25-10-6-9-23(17-25)20-33-27-12-5-4-11-26(27)29(36)34(30(33)37)19-22-13-15-24(16-14-22)28(35)32-18-21-7-2-1-3-8-21/h1-12,17,22,24H,13-16,18-20H2,(H,32,35). The molecule has 0 radical (unpaired) electrons. The molecule has 0 unspecified atom stereocenters. The van der Waals surface area contributed by atoms with Gasteiger partial charge in [-0.2, -0.15) is 0 Å². The average molecular weight is 516 g/mol. The number of amides is 1. The summed E-state index contributed by atoms with van der Waals surface area (Å²) in [5.74, 6) is 0.214. The van der Waals surface area contributed by atoms with Crippen molar-refractivity contribution in [3.8, 4) is 0 Å². The van der Waals surface area contributed by atoms with Gasteiger partial charge in [-0.1, -0.05) is 66.2 Å². The zero-order chi connectivity index (χ0) is 25.8. The molecule has 0 bridgehead atoms. The van der Waals surface area contributed by atoms with Gasteiger partial charge in [-0.15, -0.1) is 0 Å². The van der Waals surface area contributed by atoms with Crippen LogP contribution in [0.4, 0.5) is 0 Å². The number of nitrogens with one attached hydrogen (secondary N) is 1. The molecule has 1 aromatic heterocycles. The Kier molecular flexibility index (Phi) is 7.56. The van der Waals surface area contributed by atoms with Crippen molar-refractivity contribution in [3.63, 3.8) is 0 Å². The highest BCUT2D eigenvalue weighted by atomic mass is 35.5. The smallest absolute Gasteiger partial charge is 0.331 e. The van der Waals surface area contributed by atoms with Crippen molar-refractivity contribution in [1.29, 1.82) is 0 Å². The highest BCUT2D eigenvalue weighted by Crippen LogP contribution is 2.30. The van der Waals surface area contributed by atoms with Gasteiger partial charge in [-0.3, -0.25) is 18.7 Å². The normalized spacial score (nSPS) is 17.5. The Labute approximate surface area is 220 Å². The lowest BCUT2D eigenvalue weighted by Gasteiger charge is -2.28. The summed E-state index contributed by atoms with van der Waals surface area (Å²) in [4.78, 5) is 39.6. The van der Waals surface area contributed by atoms with Crippen molar-refractivity contribution in [1.82, 2.24) is 14.5 Å². The van der Waals surface area contributed by atoms with Crippen LogP contribution in [0.2, 0.25) is 5.02 Å². The highest BCUT2D eigenvalue weighted by Gasteiger charge is 2.27. The summed E-state index contributed by atoms with van der Waals surface area (Å²) >= 11 is 6.17. The second-order valence-corrected chi connectivity index (χ2v) is 10.3. The summed E-state index contributed by atoms with van der Waals surface area (Å²) in [7, 11) is 0. The Morgan fingerprint density at radius 1 is 0.838 bits per heavy atom. The number of aromatic nitrogens is 2. The first-order valence-corrected chi connectivity index (χ1v) is 13.2. The molecule has 1 N–H and O–H groups in total. The van der Waals surface area contributed by atoms with Crippen molar-refractivity contribution < 1.29 is 4.79 Å². The van der Waals surface area contributed by atoms with Gasteiger partial charge in [0.25, 0.3) is 5.56 Å². The van der Waals surface area contributed by atoms with Crippen LogP contribution in [0.5, 0.6) is 0 Å². The average Bonchev–Trinajstić information content (AvgIpc) is 2.93. The lowest BCUT2D eigenvalue weighted by atomic mass is 9.81. The van der Waals surface area contributed by atoms with E-state index in [0.29, 0.717) is 35.6 Å². The van der Waals surface area contributed by atoms with E-state index in [-0.39, 0.29) is 29.0 Å². The molecule has 5 rings (SSSR count). The molecule has 6 nitrogen and oxygen atoms in total. The third kappa shape index (κ3) is 5.70. The number of rotatable bonds is 7. The minimum Gasteiger partial charge on any atom is -0.352 e. The van der Waals surface area contributed by atoms with Crippen LogP contribution in [0.1, 0.15) is 36.8 Å². The maximum atomic E-state index is 13.6. The summed E-state index contributed by atoms with van der Waals surface area (Å²) in [5.41, 5.74) is 2.02. The number of carbonyl (C=O) groups is 1. The molecular weight excluding hydrogens is 486 g/mol. The maximum absolute atomic E-state index is 13.6. The van der Waals surface area contributed by atoms with Gasteiger partial charge in [-0.25, -0.2) is 4.79 Å². The first-order valence-electron chi connectivity index (χ1n) is 12.8. The summed E-state index contributed by atoms with van der Waals surface area (Å²) in [6, 6.07) is 24.5. The quantitative estimate of drug-likeness (QED) is 0.377. The van der Waals surface area contributed by atoms with Gasteiger partial charge in [0.2, 0.25) is 5.91 Å². The van der Waals surface area contributed by atoms with Crippen LogP contribution in [0.3, 0.4) is 0 Å². The van der Waals surface area contributed by atoms with E-state index in [2.05, 4.69) is 5.32 Å². The zero-order valence-corrected chi connectivity index (χ0v) is 21.4. The molecule has 1 fully saturated rings. The fraction of sp³-hybridized carbons (Fsp3) is 0.300. The monoisotopic (exact) mass is 515 g/mol. The number of hydrogen-bond donors (Lipinski definition) is 1. The van der Waals surface area contributed by atoms with Crippen molar-refractivity contribution in [3.05, 3.63) is 116 Å². The predicted octanol–water partition coefficient (Wildman–Crippen LogP) is 4.99. The van der Waals surface area contributed by atoms with Crippen molar-refractivity contribution in [2.24, 2.45) is 11.8 Å². The first kappa shape index (κ1) is 25.0. The van der Waals surface area contributed by atoms with E-state index in [1.807, 2.05) is 66.7 Å². The van der Waals surface area contributed by atoms with Crippen molar-refractivity contribution in [2.45, 2.75) is 45.3 Å². The van der Waals surface area contributed by atoms with Gasteiger partial charge in [-0.05, 0) is 67.0 Å². The van der Waals surface area contributed by atoms with E-state index in [4.69, 9.17) is 11.6 Å². The van der Waals surface area contributed by atoms with E-state index in [1.54, 1.807) is 16.7 Å². The number of nitrogens with zero attached hydrogens (tertiary/aromatic N) is 2. The topological polar surface area (TPSA) is 73.1 Å². The fourth-order valence-electron chi connectivity index (χ4n) is 5.30. The number of fused-ring (bicyclic) bond motifs is 1. The summed E-state index contributed by atoms with van der Waals surface area (Å²) in [6.07, 6.45) is 3.11. The Bertz CT molecular complexity index is 1520. The summed E-state index contributed by atoms with van der Waals surface area (Å²) in [5, 5.41) is 4.18. The zero-order valence-electron chi connectivity index (χ0n) is 20.6. The Morgan fingerprint density at radius 3 is 2.30 bits per heavy atom. The molecule has 1 aliphatic carbocycles. The van der Waals surface area contributed by atoms with E-state index >= 15 is 0 Å². The molecule has 1 saturated carbocycles. The molecule has 0 saturated heterocycles. The number of halogens is 1. The summed E-state index contributed by atoms with van der Waals surface area (Å²) in [6.45, 7) is 1.21. The highest BCUT2D eigenvalue weighted by molar-refractivity contribution is 6.30. The minimum absolute atomic E-state index is 0.0345. The van der Waals surface area contributed by atoms with Crippen LogP contribution >= 0.6 is 11.6 Å². The van der Waals surface area contributed by atoms with Crippen LogP contribution < -0.4 is 16.6 Å². The van der Waals surface area contributed by atoms with Gasteiger partial charge in [0, 0.05) is 24.0 Å². The van der Waals surface area contributed by atoms with Crippen LogP contribution in [0.15, 0.2) is 88.5 Å². The van der Waals surface area contributed by atoms with Crippen molar-refractivity contribution >= 4 is 28.4 Å². The van der Waals surface area contributed by atoms with Crippen LogP contribution in [0.25, 0.3) is 10.9 Å². The molecule has 1 amide bonds. The van der Waals surface area contributed by atoms with E-state index < -0.39 is 0 Å². The molecule has 37 heavy (non-hydrogen) atoms. The Hall–Kier alpha value is -3.64. The largest absolute Gasteiger partial charge is 0.352 e. The van der Waals surface area contributed by atoms with Gasteiger partial charge in [0.1, 0.15) is 0 Å². The molecule has 0 spiro atoms. The molecular formula is C30H30ClN3O3. The number of para-hydroxylation sites is 1. The molecule has 4 aromatic rings. The number of carbonyl (C=O) groups excluding carboxylic acids is 1. The third-order valence-corrected chi connectivity index (χ3v) is 7.56. The molecule has 1 heterocycles. The lowest BCUT2D eigenvalue weighted by Crippen LogP contribution is -2.42. The molecule has 1 aliphatic rings. The van der Waals surface area contributed by atoms with Gasteiger partial charge in [0.05, 0.1) is 17.4 Å². The second kappa shape index (κ2) is 11.2. The lowest BCUT2D eigenvalue weighted by molar-refractivity contribution is -0.126. The SMILES string of the molecule is O=C(NCc1ccccc1)C1CCC(Cn2c(=O)c3ccccc3n(Cc3cccc(Cl)c3)c2=O)CC1. The molecule has 0 atom stereocenters. The van der Waals surface area contributed by atoms with E-state index in [9.17, 15) is 14.4 Å². The first-order chi connectivity index (χ1) is 18.0. The van der Waals surface area contributed by atoms with Gasteiger partial charge >= 0.3 is 5.69 Å². The minimum atomic E-state index is -0.314. The number of hydrogen-bond acceptors (Lipinski definition) is 3. The van der Waals surface area contributed by atoms with Crippen LogP contribution in [-0.2, 0) is 24.4 Å². The van der Waals surface area contributed by atoms with Crippen molar-refractivity contribution in [2.75, 3.05) is 0 Å². The third-order valence-electron chi connectivity index (χ3n) is 7.33. The van der Waals surface area contributed by atoms with Crippen LogP contribution in [-0.4, -0.2) is 15.0 Å². The Morgan fingerprint density at radius 2 is 1.54 bits per heavy atom. The van der Waals surface area contributed by atoms with Gasteiger partial charge in [0.15, 0.2) is 0 Å². The van der Waals surface area contributed by atoms with E-state index in [0.717, 1.165) is 36.8 Å². The Balaban J connectivity index is 1.31. The molecule has 190 valence electrons. The maximum Gasteiger partial charge on any atom is 0.331 e. The summed E-state index contributed by atoms with van der Waals surface area (Å²) < 4.78 is 3.04. The van der Waals surface area contributed by atoms with E-state index in [1.165, 1.54) is 4.57 Å². The molecule has 7 heteroatoms. The predicted molar refractivity (Wildman–Crippen MR) is 147 cm³/mol.